The van der Waals surface area contributed by atoms with Crippen LogP contribution < -0.4 is 4.72 Å². The van der Waals surface area contributed by atoms with Crippen molar-refractivity contribution in [2.24, 2.45) is 0 Å². The van der Waals surface area contributed by atoms with E-state index in [2.05, 4.69) is 4.72 Å². The smallest absolute Gasteiger partial charge is 0.261 e. The van der Waals surface area contributed by atoms with E-state index in [0.29, 0.717) is 11.3 Å². The first kappa shape index (κ1) is 18.1. The third kappa shape index (κ3) is 4.45. The summed E-state index contributed by atoms with van der Waals surface area (Å²) in [5.41, 5.74) is 2.13. The van der Waals surface area contributed by atoms with Crippen molar-refractivity contribution < 1.29 is 8.42 Å². The second-order valence-electron chi connectivity index (χ2n) is 5.51. The molecule has 0 saturated heterocycles. The van der Waals surface area contributed by atoms with Crippen molar-refractivity contribution in [3.63, 3.8) is 0 Å². The molecular weight excluding hydrogens is 364 g/mol. The summed E-state index contributed by atoms with van der Waals surface area (Å²) in [6.07, 6.45) is 0. The number of anilines is 1. The Labute approximate surface area is 157 Å². The number of para-hydroxylation sites is 1. The molecule has 1 N–H and O–H groups in total. The zero-order valence-electron chi connectivity index (χ0n) is 13.8. The number of nitrogens with one attached hydrogen (secondary N) is 1. The number of sulfonamides is 1. The lowest BCUT2D eigenvalue weighted by Gasteiger charge is -2.12. The molecule has 0 amide bonds. The highest BCUT2D eigenvalue weighted by Crippen LogP contribution is 2.31. The Morgan fingerprint density at radius 1 is 0.885 bits per heavy atom. The molecule has 0 saturated carbocycles. The fourth-order valence-electron chi connectivity index (χ4n) is 2.32. The fourth-order valence-corrected chi connectivity index (χ4v) is 4.43. The molecule has 0 spiro atoms. The molecule has 0 unspecified atom stereocenters. The summed E-state index contributed by atoms with van der Waals surface area (Å²) in [5.74, 6) is 0.746. The molecule has 3 aromatic carbocycles. The average Bonchev–Trinajstić information content (AvgIpc) is 2.68. The molecule has 0 bridgehead atoms. The van der Waals surface area contributed by atoms with E-state index in [-0.39, 0.29) is 4.90 Å². The van der Waals surface area contributed by atoms with Crippen molar-refractivity contribution in [3.05, 3.63) is 90.0 Å². The Kier molecular flexibility index (Phi) is 5.61. The van der Waals surface area contributed by atoms with Gasteiger partial charge in [0.2, 0.25) is 0 Å². The Hall–Kier alpha value is -2.75. The molecule has 0 aromatic heterocycles. The zero-order chi connectivity index (χ0) is 18.4. The van der Waals surface area contributed by atoms with Crippen LogP contribution in [0.25, 0.3) is 0 Å². The molecule has 3 aromatic rings. The van der Waals surface area contributed by atoms with E-state index < -0.39 is 10.0 Å². The summed E-state index contributed by atoms with van der Waals surface area (Å²) >= 11 is 1.57. The normalized spacial score (nSPS) is 10.9. The van der Waals surface area contributed by atoms with Crippen LogP contribution in [0.3, 0.4) is 0 Å². The Morgan fingerprint density at radius 3 is 2.23 bits per heavy atom. The van der Waals surface area contributed by atoms with Crippen molar-refractivity contribution in [3.8, 4) is 6.07 Å². The molecule has 4 nitrogen and oxygen atoms in total. The van der Waals surface area contributed by atoms with Gasteiger partial charge in [-0.1, -0.05) is 42.5 Å². The second-order valence-corrected chi connectivity index (χ2v) is 8.21. The summed E-state index contributed by atoms with van der Waals surface area (Å²) in [6, 6.07) is 25.1. The molecule has 0 aliphatic rings. The van der Waals surface area contributed by atoms with Crippen molar-refractivity contribution >= 4 is 27.5 Å². The summed E-state index contributed by atoms with van der Waals surface area (Å²) in [6.45, 7) is 0. The number of thioether (sulfide) groups is 1. The number of nitrogens with zero attached hydrogens (tertiary/aromatic N) is 1. The van der Waals surface area contributed by atoms with Gasteiger partial charge in [-0.3, -0.25) is 4.72 Å². The third-order valence-electron chi connectivity index (χ3n) is 3.66. The molecule has 0 aliphatic carbocycles. The first-order valence-electron chi connectivity index (χ1n) is 7.87. The van der Waals surface area contributed by atoms with Gasteiger partial charge in [-0.05, 0) is 42.0 Å². The summed E-state index contributed by atoms with van der Waals surface area (Å²) < 4.78 is 27.9. The van der Waals surface area contributed by atoms with Crippen molar-refractivity contribution in [2.45, 2.75) is 15.5 Å². The van der Waals surface area contributed by atoms with Crippen LogP contribution in [-0.4, -0.2) is 8.42 Å². The maximum absolute atomic E-state index is 12.6. The maximum Gasteiger partial charge on any atom is 0.261 e. The van der Waals surface area contributed by atoms with Gasteiger partial charge in [0.15, 0.2) is 0 Å². The molecule has 130 valence electrons. The van der Waals surface area contributed by atoms with Crippen LogP contribution in [0.2, 0.25) is 0 Å². The topological polar surface area (TPSA) is 70.0 Å². The molecule has 26 heavy (non-hydrogen) atoms. The quantitative estimate of drug-likeness (QED) is 0.632. The van der Waals surface area contributed by atoms with E-state index in [0.717, 1.165) is 10.6 Å². The highest BCUT2D eigenvalue weighted by molar-refractivity contribution is 7.98. The van der Waals surface area contributed by atoms with E-state index in [9.17, 15) is 8.42 Å². The minimum Gasteiger partial charge on any atom is -0.278 e. The van der Waals surface area contributed by atoms with Gasteiger partial charge in [0.05, 0.1) is 22.2 Å². The number of hydrogen-bond donors (Lipinski definition) is 1. The van der Waals surface area contributed by atoms with Crippen LogP contribution in [0.15, 0.2) is 88.7 Å². The second kappa shape index (κ2) is 8.09. The van der Waals surface area contributed by atoms with Gasteiger partial charge in [-0.2, -0.15) is 5.26 Å². The number of hydrogen-bond acceptors (Lipinski definition) is 4. The van der Waals surface area contributed by atoms with Gasteiger partial charge in [-0.15, -0.1) is 11.8 Å². The van der Waals surface area contributed by atoms with E-state index >= 15 is 0 Å². The largest absolute Gasteiger partial charge is 0.278 e. The number of rotatable bonds is 6. The van der Waals surface area contributed by atoms with Crippen LogP contribution in [0.5, 0.6) is 0 Å². The van der Waals surface area contributed by atoms with Crippen LogP contribution in [-0.2, 0) is 15.8 Å². The molecule has 0 atom stereocenters. The van der Waals surface area contributed by atoms with E-state index in [1.54, 1.807) is 23.9 Å². The van der Waals surface area contributed by atoms with E-state index in [1.807, 2.05) is 48.5 Å². The molecule has 0 aliphatic heterocycles. The first-order chi connectivity index (χ1) is 12.6. The van der Waals surface area contributed by atoms with E-state index in [1.165, 1.54) is 29.8 Å². The Balaban J connectivity index is 1.79. The van der Waals surface area contributed by atoms with Crippen molar-refractivity contribution in [2.75, 3.05) is 4.72 Å². The average molecular weight is 380 g/mol. The molecular formula is C20H16N2O2S2. The van der Waals surface area contributed by atoms with Gasteiger partial charge in [0.25, 0.3) is 10.0 Å². The molecule has 0 fully saturated rings. The summed E-state index contributed by atoms with van der Waals surface area (Å²) in [5, 5.41) is 8.84. The fraction of sp³-hybridized carbons (Fsp3) is 0.0500. The first-order valence-corrected chi connectivity index (χ1v) is 10.3. The summed E-state index contributed by atoms with van der Waals surface area (Å²) in [4.78, 5) is 0.980. The van der Waals surface area contributed by atoms with Crippen molar-refractivity contribution in [1.29, 1.82) is 5.26 Å². The van der Waals surface area contributed by atoms with Crippen LogP contribution in [0.4, 0.5) is 5.69 Å². The van der Waals surface area contributed by atoms with Gasteiger partial charge in [0, 0.05) is 10.6 Å². The van der Waals surface area contributed by atoms with Crippen molar-refractivity contribution in [1.82, 2.24) is 0 Å². The predicted octanol–water partition coefficient (Wildman–Crippen LogP) is 4.65. The zero-order valence-corrected chi connectivity index (χ0v) is 15.4. The predicted molar refractivity (Wildman–Crippen MR) is 104 cm³/mol. The van der Waals surface area contributed by atoms with Crippen LogP contribution >= 0.6 is 11.8 Å². The van der Waals surface area contributed by atoms with Gasteiger partial charge in [-0.25, -0.2) is 8.42 Å². The van der Waals surface area contributed by atoms with Gasteiger partial charge < -0.3 is 0 Å². The minimum atomic E-state index is -3.72. The van der Waals surface area contributed by atoms with Gasteiger partial charge >= 0.3 is 0 Å². The monoisotopic (exact) mass is 380 g/mol. The summed E-state index contributed by atoms with van der Waals surface area (Å²) in [7, 11) is -3.72. The van der Waals surface area contributed by atoms with Crippen LogP contribution in [0, 0.1) is 11.3 Å². The van der Waals surface area contributed by atoms with Crippen LogP contribution in [0.1, 0.15) is 11.1 Å². The highest BCUT2D eigenvalue weighted by atomic mass is 32.2. The molecule has 3 rings (SSSR count). The standard InChI is InChI=1S/C20H16N2O2S2/c21-14-16-10-12-18(13-11-16)26(23,24)22-19-8-4-5-9-20(19)25-15-17-6-2-1-3-7-17/h1-13,22H,15H2. The molecule has 0 radical (unpaired) electrons. The van der Waals surface area contributed by atoms with Gasteiger partial charge in [0.1, 0.15) is 0 Å². The maximum atomic E-state index is 12.6. The lowest BCUT2D eigenvalue weighted by molar-refractivity contribution is 0.601. The Morgan fingerprint density at radius 2 is 1.54 bits per heavy atom. The molecule has 6 heteroatoms. The lowest BCUT2D eigenvalue weighted by Crippen LogP contribution is -2.13. The minimum absolute atomic E-state index is 0.124. The number of benzene rings is 3. The Bertz CT molecular complexity index is 1030. The molecule has 0 heterocycles. The third-order valence-corrected chi connectivity index (χ3v) is 6.19. The van der Waals surface area contributed by atoms with E-state index in [4.69, 9.17) is 5.26 Å². The number of nitriles is 1. The SMILES string of the molecule is N#Cc1ccc(S(=O)(=O)Nc2ccccc2SCc2ccccc2)cc1. The highest BCUT2D eigenvalue weighted by Gasteiger charge is 2.16. The lowest BCUT2D eigenvalue weighted by atomic mass is 10.2.